The Balaban J connectivity index is 2.12. The van der Waals surface area contributed by atoms with Crippen LogP contribution in [0.5, 0.6) is 0 Å². The summed E-state index contributed by atoms with van der Waals surface area (Å²) in [5, 5.41) is 3.57. The fourth-order valence-corrected chi connectivity index (χ4v) is 2.92. The smallest absolute Gasteiger partial charge is 0.00258 e. The van der Waals surface area contributed by atoms with Crippen LogP contribution >= 0.6 is 0 Å². The molecule has 0 aromatic rings. The largest absolute Gasteiger partial charge is 0.316 e. The van der Waals surface area contributed by atoms with Gasteiger partial charge in [0.05, 0.1) is 0 Å². The maximum Gasteiger partial charge on any atom is -0.00258 e. The molecule has 0 aromatic carbocycles. The van der Waals surface area contributed by atoms with Gasteiger partial charge < -0.3 is 5.32 Å². The van der Waals surface area contributed by atoms with Crippen LogP contribution in [0.25, 0.3) is 0 Å². The maximum atomic E-state index is 3.57. The van der Waals surface area contributed by atoms with Crippen LogP contribution in [0, 0.1) is 17.3 Å². The summed E-state index contributed by atoms with van der Waals surface area (Å²) in [6.07, 6.45) is 8.71. The highest BCUT2D eigenvalue weighted by atomic mass is 14.8. The molecule has 1 nitrogen and oxygen atoms in total. The highest BCUT2D eigenvalue weighted by molar-refractivity contribution is 4.77. The first-order valence-corrected chi connectivity index (χ1v) is 7.20. The van der Waals surface area contributed by atoms with Crippen molar-refractivity contribution in [1.29, 1.82) is 0 Å². The van der Waals surface area contributed by atoms with Gasteiger partial charge in [-0.2, -0.15) is 0 Å². The molecule has 0 amide bonds. The number of rotatable bonds is 7. The van der Waals surface area contributed by atoms with Gasteiger partial charge in [-0.05, 0) is 43.2 Å². The fraction of sp³-hybridized carbons (Fsp3) is 1.00. The van der Waals surface area contributed by atoms with E-state index in [0.717, 1.165) is 11.8 Å². The van der Waals surface area contributed by atoms with E-state index in [0.29, 0.717) is 5.41 Å². The molecule has 1 fully saturated rings. The molecule has 0 atom stereocenters. The lowest BCUT2D eigenvalue weighted by Gasteiger charge is -2.28. The highest BCUT2D eigenvalue weighted by Gasteiger charge is 2.25. The van der Waals surface area contributed by atoms with Gasteiger partial charge in [-0.1, -0.05) is 53.4 Å². The van der Waals surface area contributed by atoms with E-state index in [-0.39, 0.29) is 0 Å². The molecule has 1 aliphatic carbocycles. The Kier molecular flexibility index (Phi) is 5.82. The zero-order chi connectivity index (χ0) is 12.0. The van der Waals surface area contributed by atoms with E-state index in [1.807, 2.05) is 0 Å². The third-order valence-electron chi connectivity index (χ3n) is 3.85. The Hall–Kier alpha value is -0.0400. The molecule has 1 N–H and O–H groups in total. The van der Waals surface area contributed by atoms with Gasteiger partial charge in [0.15, 0.2) is 0 Å². The molecule has 1 aliphatic rings. The van der Waals surface area contributed by atoms with Crippen molar-refractivity contribution in [3.63, 3.8) is 0 Å². The minimum atomic E-state index is 0.541. The monoisotopic (exact) mass is 225 g/mol. The zero-order valence-electron chi connectivity index (χ0n) is 11.8. The van der Waals surface area contributed by atoms with Gasteiger partial charge in [-0.3, -0.25) is 0 Å². The van der Waals surface area contributed by atoms with E-state index < -0.39 is 0 Å². The molecule has 1 rings (SSSR count). The summed E-state index contributed by atoms with van der Waals surface area (Å²) in [4.78, 5) is 0. The van der Waals surface area contributed by atoms with Gasteiger partial charge in [0.1, 0.15) is 0 Å². The van der Waals surface area contributed by atoms with Gasteiger partial charge >= 0.3 is 0 Å². The van der Waals surface area contributed by atoms with E-state index in [4.69, 9.17) is 0 Å². The van der Waals surface area contributed by atoms with Crippen LogP contribution in [-0.2, 0) is 0 Å². The van der Waals surface area contributed by atoms with Crippen molar-refractivity contribution < 1.29 is 0 Å². The van der Waals surface area contributed by atoms with E-state index in [2.05, 4.69) is 33.0 Å². The molecule has 0 aliphatic heterocycles. The highest BCUT2D eigenvalue weighted by Crippen LogP contribution is 2.37. The second-order valence-electron chi connectivity index (χ2n) is 6.87. The van der Waals surface area contributed by atoms with Crippen molar-refractivity contribution in [3.05, 3.63) is 0 Å². The molecule has 16 heavy (non-hydrogen) atoms. The van der Waals surface area contributed by atoms with Gasteiger partial charge in [-0.25, -0.2) is 0 Å². The standard InChI is InChI=1S/C15H31N/c1-13(2)12-16-10-9-15(3,4)11-14-7-5-6-8-14/h13-14,16H,5-12H2,1-4H3. The molecule has 0 spiro atoms. The Bertz CT molecular complexity index is 178. The Morgan fingerprint density at radius 1 is 1.19 bits per heavy atom. The van der Waals surface area contributed by atoms with Gasteiger partial charge in [0.25, 0.3) is 0 Å². The van der Waals surface area contributed by atoms with Crippen molar-refractivity contribution in [3.8, 4) is 0 Å². The summed E-state index contributed by atoms with van der Waals surface area (Å²) >= 11 is 0. The predicted molar refractivity (Wildman–Crippen MR) is 72.7 cm³/mol. The van der Waals surface area contributed by atoms with Crippen molar-refractivity contribution in [1.82, 2.24) is 5.32 Å². The average molecular weight is 225 g/mol. The lowest BCUT2D eigenvalue weighted by Crippen LogP contribution is -2.26. The number of hydrogen-bond donors (Lipinski definition) is 1. The van der Waals surface area contributed by atoms with Crippen molar-refractivity contribution in [2.45, 2.75) is 66.2 Å². The topological polar surface area (TPSA) is 12.0 Å². The van der Waals surface area contributed by atoms with Crippen LogP contribution in [0.1, 0.15) is 66.2 Å². The average Bonchev–Trinajstić information content (AvgIpc) is 2.64. The van der Waals surface area contributed by atoms with Gasteiger partial charge in [0.2, 0.25) is 0 Å². The lowest BCUT2D eigenvalue weighted by molar-refractivity contribution is 0.245. The summed E-state index contributed by atoms with van der Waals surface area (Å²) in [7, 11) is 0. The van der Waals surface area contributed by atoms with E-state index in [1.54, 1.807) is 0 Å². The first-order valence-electron chi connectivity index (χ1n) is 7.20. The first kappa shape index (κ1) is 14.0. The second kappa shape index (κ2) is 6.64. The summed E-state index contributed by atoms with van der Waals surface area (Å²) in [6.45, 7) is 11.8. The first-order chi connectivity index (χ1) is 7.49. The minimum Gasteiger partial charge on any atom is -0.316 e. The molecule has 0 aromatic heterocycles. The van der Waals surface area contributed by atoms with E-state index in [9.17, 15) is 0 Å². The van der Waals surface area contributed by atoms with Crippen LogP contribution in [-0.4, -0.2) is 13.1 Å². The SMILES string of the molecule is CC(C)CNCCC(C)(C)CC1CCCC1. The molecule has 1 saturated carbocycles. The molecule has 0 unspecified atom stereocenters. The van der Waals surface area contributed by atoms with Crippen molar-refractivity contribution in [2.75, 3.05) is 13.1 Å². The molecule has 96 valence electrons. The maximum absolute atomic E-state index is 3.57. The molecular formula is C15H31N. The van der Waals surface area contributed by atoms with Gasteiger partial charge in [0, 0.05) is 0 Å². The summed E-state index contributed by atoms with van der Waals surface area (Å²) < 4.78 is 0. The van der Waals surface area contributed by atoms with E-state index >= 15 is 0 Å². The van der Waals surface area contributed by atoms with Gasteiger partial charge in [-0.15, -0.1) is 0 Å². The normalized spacial score (nSPS) is 18.6. The quantitative estimate of drug-likeness (QED) is 0.639. The molecule has 0 saturated heterocycles. The third-order valence-corrected chi connectivity index (χ3v) is 3.85. The number of hydrogen-bond acceptors (Lipinski definition) is 1. The van der Waals surface area contributed by atoms with Crippen LogP contribution < -0.4 is 5.32 Å². The zero-order valence-corrected chi connectivity index (χ0v) is 11.8. The molecule has 0 heterocycles. The van der Waals surface area contributed by atoms with Crippen molar-refractivity contribution >= 4 is 0 Å². The van der Waals surface area contributed by atoms with Crippen LogP contribution in [0.2, 0.25) is 0 Å². The van der Waals surface area contributed by atoms with Crippen LogP contribution in [0.4, 0.5) is 0 Å². The minimum absolute atomic E-state index is 0.541. The Morgan fingerprint density at radius 2 is 1.81 bits per heavy atom. The van der Waals surface area contributed by atoms with Crippen LogP contribution in [0.3, 0.4) is 0 Å². The lowest BCUT2D eigenvalue weighted by atomic mass is 9.79. The Labute approximate surface area is 102 Å². The van der Waals surface area contributed by atoms with E-state index in [1.165, 1.54) is 51.6 Å². The fourth-order valence-electron chi connectivity index (χ4n) is 2.92. The summed E-state index contributed by atoms with van der Waals surface area (Å²) in [5.41, 5.74) is 0.541. The summed E-state index contributed by atoms with van der Waals surface area (Å²) in [6, 6.07) is 0. The molecular weight excluding hydrogens is 194 g/mol. The summed E-state index contributed by atoms with van der Waals surface area (Å²) in [5.74, 6) is 1.80. The third kappa shape index (κ3) is 5.89. The number of nitrogens with one attached hydrogen (secondary N) is 1. The van der Waals surface area contributed by atoms with Crippen molar-refractivity contribution in [2.24, 2.45) is 17.3 Å². The second-order valence-corrected chi connectivity index (χ2v) is 6.87. The predicted octanol–water partition coefficient (Wildman–Crippen LogP) is 4.23. The Morgan fingerprint density at radius 3 is 2.38 bits per heavy atom. The molecule has 1 heteroatoms. The van der Waals surface area contributed by atoms with Crippen LogP contribution in [0.15, 0.2) is 0 Å². The molecule has 0 radical (unpaired) electrons. The molecule has 0 bridgehead atoms.